The van der Waals surface area contributed by atoms with Crippen LogP contribution in [0.2, 0.25) is 0 Å². The number of piperidine rings is 1. The third-order valence-electron chi connectivity index (χ3n) is 6.68. The summed E-state index contributed by atoms with van der Waals surface area (Å²) < 4.78 is 5.03. The molecule has 1 spiro atoms. The van der Waals surface area contributed by atoms with Crippen LogP contribution in [0, 0.1) is 11.3 Å². The smallest absolute Gasteiger partial charge is 0.257 e. The summed E-state index contributed by atoms with van der Waals surface area (Å²) in [7, 11) is 0. The number of furan rings is 1. The highest BCUT2D eigenvalue weighted by Gasteiger charge is 2.39. The normalized spacial score (nSPS) is 22.9. The molecule has 1 saturated heterocycles. The third-order valence-corrected chi connectivity index (χ3v) is 6.68. The molecule has 2 aliphatic heterocycles. The summed E-state index contributed by atoms with van der Waals surface area (Å²) in [4.78, 5) is 28.7. The number of amides is 2. The summed E-state index contributed by atoms with van der Waals surface area (Å²) in [5.41, 5.74) is 1.04. The molecular weight excluding hydrogens is 328 g/mol. The molecule has 0 atom stereocenters. The van der Waals surface area contributed by atoms with E-state index in [0.717, 1.165) is 51.9 Å². The van der Waals surface area contributed by atoms with Crippen LogP contribution in [0.4, 0.5) is 0 Å². The van der Waals surface area contributed by atoms with Crippen molar-refractivity contribution in [1.82, 2.24) is 9.80 Å². The Morgan fingerprint density at radius 1 is 1.04 bits per heavy atom. The highest BCUT2D eigenvalue weighted by molar-refractivity contribution is 5.93. The van der Waals surface area contributed by atoms with Gasteiger partial charge in [0.2, 0.25) is 5.91 Å². The Labute approximate surface area is 155 Å². The van der Waals surface area contributed by atoms with Crippen LogP contribution in [0.25, 0.3) is 0 Å². The highest BCUT2D eigenvalue weighted by atomic mass is 16.3. The monoisotopic (exact) mass is 356 g/mol. The van der Waals surface area contributed by atoms with Crippen molar-refractivity contribution in [2.75, 3.05) is 26.2 Å². The molecule has 5 nitrogen and oxygen atoms in total. The maximum absolute atomic E-state index is 12.4. The van der Waals surface area contributed by atoms with Crippen molar-refractivity contribution in [1.29, 1.82) is 0 Å². The lowest BCUT2D eigenvalue weighted by atomic mass is 9.65. The molecule has 3 aliphatic rings. The fraction of sp³-hybridized carbons (Fsp3) is 0.619. The summed E-state index contributed by atoms with van der Waals surface area (Å²) in [6.07, 6.45) is 14.9. The molecule has 5 heteroatoms. The maximum Gasteiger partial charge on any atom is 0.257 e. The minimum absolute atomic E-state index is 0.0899. The van der Waals surface area contributed by atoms with Crippen molar-refractivity contribution >= 4 is 11.8 Å². The van der Waals surface area contributed by atoms with Gasteiger partial charge in [-0.1, -0.05) is 12.2 Å². The minimum Gasteiger partial charge on any atom is -0.472 e. The minimum atomic E-state index is 0.0899. The maximum atomic E-state index is 12.4. The molecule has 1 aliphatic carbocycles. The number of carbonyl (C=O) groups is 2. The van der Waals surface area contributed by atoms with Gasteiger partial charge in [0.15, 0.2) is 0 Å². The number of carbonyl (C=O) groups excluding carboxylic acids is 2. The van der Waals surface area contributed by atoms with Crippen molar-refractivity contribution in [3.63, 3.8) is 0 Å². The van der Waals surface area contributed by atoms with E-state index in [2.05, 4.69) is 12.2 Å². The first-order valence-corrected chi connectivity index (χ1v) is 9.89. The second-order valence-corrected chi connectivity index (χ2v) is 8.22. The van der Waals surface area contributed by atoms with Crippen LogP contribution in [0.15, 0.2) is 35.2 Å². The Balaban J connectivity index is 1.24. The zero-order chi connectivity index (χ0) is 18.0. The summed E-state index contributed by atoms with van der Waals surface area (Å²) in [6.45, 7) is 3.26. The number of hydrogen-bond donors (Lipinski definition) is 0. The molecular formula is C21H28N2O3. The molecule has 4 rings (SSSR count). The standard InChI is InChI=1S/C21H28N2O3/c24-19(22-10-1-2-11-22)15-17-3-6-21(7-4-17)8-12-23(13-9-21)20(25)18-5-14-26-16-18/h1-2,5,14,16-17H,3-4,6-13,15H2. The van der Waals surface area contributed by atoms with Gasteiger partial charge in [0.1, 0.15) is 6.26 Å². The molecule has 0 radical (unpaired) electrons. The van der Waals surface area contributed by atoms with Gasteiger partial charge in [-0.25, -0.2) is 0 Å². The first kappa shape index (κ1) is 17.4. The van der Waals surface area contributed by atoms with E-state index in [-0.39, 0.29) is 5.91 Å². The van der Waals surface area contributed by atoms with E-state index in [1.165, 1.54) is 19.1 Å². The molecule has 1 saturated carbocycles. The van der Waals surface area contributed by atoms with Crippen molar-refractivity contribution in [3.8, 4) is 0 Å². The zero-order valence-electron chi connectivity index (χ0n) is 15.4. The van der Waals surface area contributed by atoms with Crippen LogP contribution in [0.1, 0.15) is 55.3 Å². The second kappa shape index (κ2) is 7.29. The summed E-state index contributed by atoms with van der Waals surface area (Å²) in [5.74, 6) is 0.947. The van der Waals surface area contributed by atoms with E-state index < -0.39 is 0 Å². The molecule has 0 unspecified atom stereocenters. The molecule has 2 amide bonds. The first-order chi connectivity index (χ1) is 12.7. The molecule has 1 aromatic heterocycles. The van der Waals surface area contributed by atoms with E-state index in [4.69, 9.17) is 4.42 Å². The van der Waals surface area contributed by atoms with Crippen LogP contribution >= 0.6 is 0 Å². The van der Waals surface area contributed by atoms with Gasteiger partial charge in [-0.15, -0.1) is 0 Å². The Hall–Kier alpha value is -2.04. The quantitative estimate of drug-likeness (QED) is 0.779. The third kappa shape index (κ3) is 3.57. The van der Waals surface area contributed by atoms with Gasteiger partial charge in [-0.2, -0.15) is 0 Å². The number of hydrogen-bond acceptors (Lipinski definition) is 3. The average Bonchev–Trinajstić information content (AvgIpc) is 3.38. The van der Waals surface area contributed by atoms with Crippen LogP contribution < -0.4 is 0 Å². The predicted octanol–water partition coefficient (Wildman–Crippen LogP) is 3.48. The second-order valence-electron chi connectivity index (χ2n) is 8.22. The molecule has 1 aromatic rings. The lowest BCUT2D eigenvalue weighted by molar-refractivity contribution is -0.131. The lowest BCUT2D eigenvalue weighted by Crippen LogP contribution is -2.44. The molecule has 26 heavy (non-hydrogen) atoms. The Morgan fingerprint density at radius 2 is 1.73 bits per heavy atom. The van der Waals surface area contributed by atoms with Crippen LogP contribution in [0.5, 0.6) is 0 Å². The molecule has 2 fully saturated rings. The topological polar surface area (TPSA) is 53.8 Å². The van der Waals surface area contributed by atoms with Gasteiger partial charge in [-0.3, -0.25) is 9.59 Å². The van der Waals surface area contributed by atoms with E-state index in [9.17, 15) is 9.59 Å². The van der Waals surface area contributed by atoms with E-state index >= 15 is 0 Å². The van der Waals surface area contributed by atoms with Crippen LogP contribution in [0.3, 0.4) is 0 Å². The number of likely N-dealkylation sites (tertiary alicyclic amines) is 1. The fourth-order valence-corrected chi connectivity index (χ4v) is 4.80. The van der Waals surface area contributed by atoms with Gasteiger partial charge in [0.05, 0.1) is 11.8 Å². The van der Waals surface area contributed by atoms with Gasteiger partial charge < -0.3 is 14.2 Å². The van der Waals surface area contributed by atoms with Crippen molar-refractivity contribution < 1.29 is 14.0 Å². The summed E-state index contributed by atoms with van der Waals surface area (Å²) in [5, 5.41) is 0. The number of rotatable bonds is 3. The Morgan fingerprint density at radius 3 is 2.35 bits per heavy atom. The van der Waals surface area contributed by atoms with E-state index in [1.807, 2.05) is 9.80 Å². The van der Waals surface area contributed by atoms with Crippen molar-refractivity contribution in [2.45, 2.75) is 44.9 Å². The van der Waals surface area contributed by atoms with Crippen LogP contribution in [-0.2, 0) is 4.79 Å². The molecule has 140 valence electrons. The zero-order valence-corrected chi connectivity index (χ0v) is 15.4. The van der Waals surface area contributed by atoms with Gasteiger partial charge >= 0.3 is 0 Å². The SMILES string of the molecule is O=C(CC1CCC2(CC1)CCN(C(=O)c1ccoc1)CC2)N1CC=CC1. The number of nitrogens with zero attached hydrogens (tertiary/aromatic N) is 2. The predicted molar refractivity (Wildman–Crippen MR) is 98.6 cm³/mol. The lowest BCUT2D eigenvalue weighted by Gasteiger charge is -2.46. The highest BCUT2D eigenvalue weighted by Crippen LogP contribution is 2.47. The largest absolute Gasteiger partial charge is 0.472 e. The average molecular weight is 356 g/mol. The first-order valence-electron chi connectivity index (χ1n) is 9.89. The molecule has 0 aromatic carbocycles. The van der Waals surface area contributed by atoms with E-state index in [0.29, 0.717) is 29.2 Å². The van der Waals surface area contributed by atoms with Crippen LogP contribution in [-0.4, -0.2) is 47.8 Å². The van der Waals surface area contributed by atoms with Gasteiger partial charge in [0, 0.05) is 32.6 Å². The molecule has 3 heterocycles. The molecule has 0 bridgehead atoms. The van der Waals surface area contributed by atoms with E-state index in [1.54, 1.807) is 12.3 Å². The van der Waals surface area contributed by atoms with Gasteiger partial charge in [-0.05, 0) is 55.9 Å². The summed E-state index contributed by atoms with van der Waals surface area (Å²) in [6, 6.07) is 1.74. The fourth-order valence-electron chi connectivity index (χ4n) is 4.80. The van der Waals surface area contributed by atoms with Gasteiger partial charge in [0.25, 0.3) is 5.91 Å². The van der Waals surface area contributed by atoms with Crippen molar-refractivity contribution in [2.24, 2.45) is 11.3 Å². The Bertz CT molecular complexity index is 653. The van der Waals surface area contributed by atoms with Crippen molar-refractivity contribution in [3.05, 3.63) is 36.3 Å². The Kier molecular flexibility index (Phi) is 4.88. The molecule has 0 N–H and O–H groups in total. The summed E-state index contributed by atoms with van der Waals surface area (Å²) >= 11 is 0.